The molecule has 3 nitrogen and oxygen atoms in total. The highest BCUT2D eigenvalue weighted by Crippen LogP contribution is 2.23. The summed E-state index contributed by atoms with van der Waals surface area (Å²) in [6, 6.07) is 0. The topological polar surface area (TPSA) is 46.5 Å². The van der Waals surface area contributed by atoms with E-state index in [0.29, 0.717) is 12.5 Å². The summed E-state index contributed by atoms with van der Waals surface area (Å²) in [6.07, 6.45) is 3.92. The van der Waals surface area contributed by atoms with Crippen LogP contribution in [0.25, 0.3) is 0 Å². The Hall–Kier alpha value is -0.570. The lowest BCUT2D eigenvalue weighted by atomic mass is 9.87. The fourth-order valence-corrected chi connectivity index (χ4v) is 1.18. The molecular formula is C12H24O3. The molecular weight excluding hydrogens is 192 g/mol. The Morgan fingerprint density at radius 1 is 1.40 bits per heavy atom. The third-order valence-corrected chi connectivity index (χ3v) is 2.75. The van der Waals surface area contributed by atoms with Crippen molar-refractivity contribution in [3.63, 3.8) is 0 Å². The van der Waals surface area contributed by atoms with Crippen molar-refractivity contribution in [3.05, 3.63) is 0 Å². The molecule has 1 N–H and O–H groups in total. The van der Waals surface area contributed by atoms with Gasteiger partial charge in [-0.25, -0.2) is 0 Å². The number of carboxylic acid groups (broad SMARTS) is 1. The quantitative estimate of drug-likeness (QED) is 0.634. The van der Waals surface area contributed by atoms with Crippen LogP contribution in [0.1, 0.15) is 53.4 Å². The molecule has 0 amide bonds. The zero-order chi connectivity index (χ0) is 11.9. The van der Waals surface area contributed by atoms with E-state index in [1.54, 1.807) is 13.8 Å². The van der Waals surface area contributed by atoms with Gasteiger partial charge in [0.2, 0.25) is 0 Å². The van der Waals surface area contributed by atoms with Gasteiger partial charge in [0.1, 0.15) is 0 Å². The highest BCUT2D eigenvalue weighted by molar-refractivity contribution is 5.73. The number of aliphatic carboxylic acids is 1. The SMILES string of the molecule is CCC(C)OCCCCC(C)(C)C(=O)O. The van der Waals surface area contributed by atoms with Crippen molar-refractivity contribution in [1.82, 2.24) is 0 Å². The molecule has 0 bridgehead atoms. The number of unbranched alkanes of at least 4 members (excludes halogenated alkanes) is 1. The summed E-state index contributed by atoms with van der Waals surface area (Å²) in [4.78, 5) is 10.8. The van der Waals surface area contributed by atoms with Crippen molar-refractivity contribution >= 4 is 5.97 Å². The Morgan fingerprint density at radius 2 is 2.00 bits per heavy atom. The van der Waals surface area contributed by atoms with Crippen LogP contribution in [0.15, 0.2) is 0 Å². The predicted molar refractivity (Wildman–Crippen MR) is 61.0 cm³/mol. The first-order valence-corrected chi connectivity index (χ1v) is 5.75. The van der Waals surface area contributed by atoms with Gasteiger partial charge < -0.3 is 9.84 Å². The average molecular weight is 216 g/mol. The zero-order valence-corrected chi connectivity index (χ0v) is 10.4. The van der Waals surface area contributed by atoms with E-state index in [-0.39, 0.29) is 0 Å². The first kappa shape index (κ1) is 14.4. The summed E-state index contributed by atoms with van der Waals surface area (Å²) in [5.74, 6) is -0.717. The molecule has 0 aliphatic heterocycles. The largest absolute Gasteiger partial charge is 0.481 e. The van der Waals surface area contributed by atoms with Crippen LogP contribution in [0, 0.1) is 5.41 Å². The van der Waals surface area contributed by atoms with E-state index in [9.17, 15) is 4.79 Å². The molecule has 0 aromatic rings. The van der Waals surface area contributed by atoms with Gasteiger partial charge in [0.15, 0.2) is 0 Å². The van der Waals surface area contributed by atoms with Gasteiger partial charge in [0, 0.05) is 6.61 Å². The summed E-state index contributed by atoms with van der Waals surface area (Å²) in [7, 11) is 0. The molecule has 1 unspecified atom stereocenters. The van der Waals surface area contributed by atoms with Crippen LogP contribution in [0.5, 0.6) is 0 Å². The molecule has 0 heterocycles. The van der Waals surface area contributed by atoms with E-state index in [2.05, 4.69) is 13.8 Å². The summed E-state index contributed by atoms with van der Waals surface area (Å²) in [6.45, 7) is 8.43. The van der Waals surface area contributed by atoms with Gasteiger partial charge in [-0.2, -0.15) is 0 Å². The molecule has 0 aliphatic rings. The Labute approximate surface area is 92.8 Å². The van der Waals surface area contributed by atoms with E-state index < -0.39 is 11.4 Å². The maximum atomic E-state index is 10.8. The molecule has 0 aromatic heterocycles. The third-order valence-electron chi connectivity index (χ3n) is 2.75. The van der Waals surface area contributed by atoms with Crippen LogP contribution in [0.4, 0.5) is 0 Å². The second kappa shape index (κ2) is 6.83. The van der Waals surface area contributed by atoms with E-state index in [0.717, 1.165) is 25.9 Å². The van der Waals surface area contributed by atoms with Crippen molar-refractivity contribution in [2.45, 2.75) is 59.5 Å². The first-order valence-electron chi connectivity index (χ1n) is 5.75. The van der Waals surface area contributed by atoms with Crippen LogP contribution in [0.3, 0.4) is 0 Å². The molecule has 0 aliphatic carbocycles. The molecule has 0 spiro atoms. The highest BCUT2D eigenvalue weighted by Gasteiger charge is 2.25. The van der Waals surface area contributed by atoms with Crippen LogP contribution >= 0.6 is 0 Å². The Morgan fingerprint density at radius 3 is 2.47 bits per heavy atom. The lowest BCUT2D eigenvalue weighted by Crippen LogP contribution is -2.23. The number of carboxylic acids is 1. The van der Waals surface area contributed by atoms with Crippen molar-refractivity contribution in [2.75, 3.05) is 6.61 Å². The van der Waals surface area contributed by atoms with Crippen LogP contribution in [-0.4, -0.2) is 23.8 Å². The molecule has 0 saturated carbocycles. The number of rotatable bonds is 8. The third kappa shape index (κ3) is 6.50. The Bertz CT molecular complexity index is 187. The van der Waals surface area contributed by atoms with Gasteiger partial charge in [-0.1, -0.05) is 13.3 Å². The maximum Gasteiger partial charge on any atom is 0.309 e. The number of hydrogen-bond acceptors (Lipinski definition) is 2. The lowest BCUT2D eigenvalue weighted by molar-refractivity contribution is -0.147. The van der Waals surface area contributed by atoms with Crippen molar-refractivity contribution < 1.29 is 14.6 Å². The minimum Gasteiger partial charge on any atom is -0.481 e. The van der Waals surface area contributed by atoms with Crippen molar-refractivity contribution in [2.24, 2.45) is 5.41 Å². The standard InChI is InChI=1S/C12H24O3/c1-5-10(2)15-9-7-6-8-12(3,4)11(13)14/h10H,5-9H2,1-4H3,(H,13,14). The van der Waals surface area contributed by atoms with E-state index in [4.69, 9.17) is 9.84 Å². The van der Waals surface area contributed by atoms with E-state index in [1.807, 2.05) is 0 Å². The fraction of sp³-hybridized carbons (Fsp3) is 0.917. The van der Waals surface area contributed by atoms with Gasteiger partial charge in [-0.05, 0) is 40.0 Å². The molecule has 3 heteroatoms. The normalized spacial score (nSPS) is 13.9. The maximum absolute atomic E-state index is 10.8. The predicted octanol–water partition coefficient (Wildman–Crippen LogP) is 3.08. The van der Waals surface area contributed by atoms with Gasteiger partial charge in [0.25, 0.3) is 0 Å². The monoisotopic (exact) mass is 216 g/mol. The second-order valence-electron chi connectivity index (χ2n) is 4.74. The van der Waals surface area contributed by atoms with Crippen molar-refractivity contribution in [3.8, 4) is 0 Å². The summed E-state index contributed by atoms with van der Waals surface area (Å²) >= 11 is 0. The molecule has 0 saturated heterocycles. The van der Waals surface area contributed by atoms with Crippen LogP contribution < -0.4 is 0 Å². The molecule has 0 fully saturated rings. The molecule has 1 atom stereocenters. The minimum absolute atomic E-state index is 0.317. The number of hydrogen-bond donors (Lipinski definition) is 1. The molecule has 15 heavy (non-hydrogen) atoms. The van der Waals surface area contributed by atoms with Crippen molar-refractivity contribution in [1.29, 1.82) is 0 Å². The zero-order valence-electron chi connectivity index (χ0n) is 10.4. The Kier molecular flexibility index (Phi) is 6.57. The van der Waals surface area contributed by atoms with Gasteiger partial charge >= 0.3 is 5.97 Å². The fourth-order valence-electron chi connectivity index (χ4n) is 1.18. The van der Waals surface area contributed by atoms with E-state index >= 15 is 0 Å². The van der Waals surface area contributed by atoms with Crippen LogP contribution in [0.2, 0.25) is 0 Å². The molecule has 0 radical (unpaired) electrons. The summed E-state index contributed by atoms with van der Waals surface area (Å²) < 4.78 is 5.52. The van der Waals surface area contributed by atoms with Gasteiger partial charge in [0.05, 0.1) is 11.5 Å². The number of ether oxygens (including phenoxy) is 1. The second-order valence-corrected chi connectivity index (χ2v) is 4.74. The van der Waals surface area contributed by atoms with Gasteiger partial charge in [-0.3, -0.25) is 4.79 Å². The molecule has 90 valence electrons. The molecule has 0 aromatic carbocycles. The Balaban J connectivity index is 3.51. The summed E-state index contributed by atoms with van der Waals surface area (Å²) in [5.41, 5.74) is -0.601. The number of carbonyl (C=O) groups is 1. The van der Waals surface area contributed by atoms with E-state index in [1.165, 1.54) is 0 Å². The molecule has 0 rings (SSSR count). The van der Waals surface area contributed by atoms with Crippen LogP contribution in [-0.2, 0) is 9.53 Å². The van der Waals surface area contributed by atoms with Gasteiger partial charge in [-0.15, -0.1) is 0 Å². The lowest BCUT2D eigenvalue weighted by Gasteiger charge is -2.18. The average Bonchev–Trinajstić information content (AvgIpc) is 2.16. The first-order chi connectivity index (χ1) is 6.90. The minimum atomic E-state index is -0.717. The summed E-state index contributed by atoms with van der Waals surface area (Å²) in [5, 5.41) is 8.89. The highest BCUT2D eigenvalue weighted by atomic mass is 16.5. The smallest absolute Gasteiger partial charge is 0.309 e.